The molecule has 1 aromatic heterocycles. The third-order valence-corrected chi connectivity index (χ3v) is 6.88. The van der Waals surface area contributed by atoms with Crippen molar-refractivity contribution in [3.05, 3.63) is 47.3 Å². The minimum absolute atomic E-state index is 0.775. The molecule has 0 aliphatic carbocycles. The zero-order valence-corrected chi connectivity index (χ0v) is 19.0. The number of anilines is 1. The van der Waals surface area contributed by atoms with E-state index < -0.39 is 0 Å². The molecule has 1 aromatic carbocycles. The summed E-state index contributed by atoms with van der Waals surface area (Å²) in [7, 11) is 0. The zero-order chi connectivity index (χ0) is 20.8. The van der Waals surface area contributed by atoms with Gasteiger partial charge in [0.2, 0.25) is 5.95 Å². The fourth-order valence-electron chi connectivity index (χ4n) is 4.09. The van der Waals surface area contributed by atoms with E-state index in [0.717, 1.165) is 83.4 Å². The van der Waals surface area contributed by atoms with Crippen LogP contribution in [-0.2, 0) is 19.4 Å². The molecule has 3 heterocycles. The Morgan fingerprint density at radius 1 is 1.03 bits per heavy atom. The first-order chi connectivity index (χ1) is 14.7. The van der Waals surface area contributed by atoms with Crippen molar-refractivity contribution in [3.8, 4) is 5.75 Å². The minimum atomic E-state index is 0.775. The van der Waals surface area contributed by atoms with Gasteiger partial charge in [-0.05, 0) is 54.3 Å². The van der Waals surface area contributed by atoms with Gasteiger partial charge in [0.1, 0.15) is 5.75 Å². The highest BCUT2D eigenvalue weighted by Gasteiger charge is 2.19. The largest absolute Gasteiger partial charge is 0.494 e. The zero-order valence-electron chi connectivity index (χ0n) is 18.2. The number of aromatic nitrogens is 2. The van der Waals surface area contributed by atoms with Gasteiger partial charge in [0, 0.05) is 58.2 Å². The maximum absolute atomic E-state index is 6.05. The van der Waals surface area contributed by atoms with Crippen molar-refractivity contribution in [2.75, 3.05) is 57.0 Å². The van der Waals surface area contributed by atoms with Gasteiger partial charge in [-0.15, -0.1) is 0 Å². The summed E-state index contributed by atoms with van der Waals surface area (Å²) in [6.07, 6.45) is 9.20. The van der Waals surface area contributed by atoms with Gasteiger partial charge in [-0.3, -0.25) is 4.90 Å². The summed E-state index contributed by atoms with van der Waals surface area (Å²) in [6, 6.07) is 6.61. The van der Waals surface area contributed by atoms with Gasteiger partial charge in [-0.1, -0.05) is 24.9 Å². The van der Waals surface area contributed by atoms with Crippen LogP contribution in [0.4, 0.5) is 5.95 Å². The highest BCUT2D eigenvalue weighted by atomic mass is 32.2. The Bertz CT molecular complexity index is 808. The van der Waals surface area contributed by atoms with Crippen LogP contribution in [0.5, 0.6) is 5.75 Å². The molecule has 2 aliphatic heterocycles. The lowest BCUT2D eigenvalue weighted by Gasteiger charge is -2.34. The van der Waals surface area contributed by atoms with E-state index in [0.29, 0.717) is 0 Å². The van der Waals surface area contributed by atoms with Crippen LogP contribution in [0.15, 0.2) is 30.6 Å². The normalized spacial score (nSPS) is 17.7. The molecule has 0 bridgehead atoms. The molecule has 2 aliphatic rings. The summed E-state index contributed by atoms with van der Waals surface area (Å²) >= 11 is 1.83. The average Bonchev–Trinajstić information content (AvgIpc) is 2.82. The van der Waals surface area contributed by atoms with E-state index in [-0.39, 0.29) is 0 Å². The highest BCUT2D eigenvalue weighted by molar-refractivity contribution is 7.96. The van der Waals surface area contributed by atoms with Crippen molar-refractivity contribution in [2.45, 2.75) is 32.7 Å². The number of hydrogen-bond donors (Lipinski definition) is 0. The van der Waals surface area contributed by atoms with Crippen LogP contribution in [0.1, 0.15) is 30.0 Å². The van der Waals surface area contributed by atoms with Crippen LogP contribution in [0.25, 0.3) is 0 Å². The van der Waals surface area contributed by atoms with E-state index in [2.05, 4.69) is 55.5 Å². The summed E-state index contributed by atoms with van der Waals surface area (Å²) < 4.78 is 8.46. The molecule has 0 unspecified atom stereocenters. The monoisotopic (exact) mass is 427 g/mol. The molecule has 0 radical (unpaired) electrons. The van der Waals surface area contributed by atoms with Crippen LogP contribution in [0.3, 0.4) is 0 Å². The lowest BCUT2D eigenvalue weighted by molar-refractivity contribution is 0.224. The lowest BCUT2D eigenvalue weighted by Crippen LogP contribution is -2.47. The molecule has 0 spiro atoms. The van der Waals surface area contributed by atoms with Crippen LogP contribution >= 0.6 is 11.9 Å². The smallest absolute Gasteiger partial charge is 0.225 e. The van der Waals surface area contributed by atoms with Crippen molar-refractivity contribution in [1.29, 1.82) is 0 Å². The minimum Gasteiger partial charge on any atom is -0.494 e. The Morgan fingerprint density at radius 2 is 1.83 bits per heavy atom. The fraction of sp³-hybridized carbons (Fsp3) is 0.565. The predicted molar refractivity (Wildman–Crippen MR) is 124 cm³/mol. The summed E-state index contributed by atoms with van der Waals surface area (Å²) in [4.78, 5) is 13.8. The molecule has 1 fully saturated rings. The third kappa shape index (κ3) is 5.45. The van der Waals surface area contributed by atoms with Crippen LogP contribution in [0, 0.1) is 0 Å². The van der Waals surface area contributed by atoms with Gasteiger partial charge in [0.15, 0.2) is 0 Å². The molecule has 7 heteroatoms. The van der Waals surface area contributed by atoms with E-state index >= 15 is 0 Å². The summed E-state index contributed by atoms with van der Waals surface area (Å²) in [5, 5.41) is 0. The van der Waals surface area contributed by atoms with Crippen molar-refractivity contribution < 1.29 is 4.74 Å². The Hall–Kier alpha value is -1.83. The van der Waals surface area contributed by atoms with Gasteiger partial charge in [-0.25, -0.2) is 14.3 Å². The number of piperazine rings is 1. The Kier molecular flexibility index (Phi) is 7.47. The van der Waals surface area contributed by atoms with Gasteiger partial charge in [0.05, 0.1) is 6.61 Å². The summed E-state index contributed by atoms with van der Waals surface area (Å²) in [6.45, 7) is 10.2. The molecular formula is C23H33N5OS. The maximum Gasteiger partial charge on any atom is 0.225 e. The lowest BCUT2D eigenvalue weighted by atomic mass is 10.0. The van der Waals surface area contributed by atoms with E-state index in [1.807, 2.05) is 24.3 Å². The number of fused-ring (bicyclic) bond motifs is 1. The standard InChI is InChI=1S/C23H33N5OS/c1-3-19-16-24-23(25-17-19)27-12-10-26(11-13-27)8-4-14-29-22-6-5-21-18-28(30-2)9-7-20(21)15-22/h5-6,15-17H,3-4,7-14,18H2,1-2H3. The first-order valence-electron chi connectivity index (χ1n) is 11.1. The van der Waals surface area contributed by atoms with Gasteiger partial charge in [-0.2, -0.15) is 0 Å². The molecule has 4 rings (SSSR count). The van der Waals surface area contributed by atoms with Crippen molar-refractivity contribution >= 4 is 17.9 Å². The summed E-state index contributed by atoms with van der Waals surface area (Å²) in [5.41, 5.74) is 4.08. The predicted octanol–water partition coefficient (Wildman–Crippen LogP) is 3.27. The second-order valence-corrected chi connectivity index (χ2v) is 8.88. The second-order valence-electron chi connectivity index (χ2n) is 8.00. The fourth-order valence-corrected chi connectivity index (χ4v) is 4.63. The third-order valence-electron chi connectivity index (χ3n) is 6.06. The number of ether oxygens (including phenoxy) is 1. The van der Waals surface area contributed by atoms with E-state index in [1.165, 1.54) is 16.7 Å². The van der Waals surface area contributed by atoms with Crippen LogP contribution in [-0.4, -0.2) is 71.3 Å². The molecule has 30 heavy (non-hydrogen) atoms. The van der Waals surface area contributed by atoms with Gasteiger partial charge >= 0.3 is 0 Å². The highest BCUT2D eigenvalue weighted by Crippen LogP contribution is 2.26. The Morgan fingerprint density at radius 3 is 2.57 bits per heavy atom. The topological polar surface area (TPSA) is 44.7 Å². The van der Waals surface area contributed by atoms with Gasteiger partial charge in [0.25, 0.3) is 0 Å². The van der Waals surface area contributed by atoms with Gasteiger partial charge < -0.3 is 9.64 Å². The van der Waals surface area contributed by atoms with Crippen molar-refractivity contribution in [1.82, 2.24) is 19.2 Å². The number of aryl methyl sites for hydroxylation is 1. The van der Waals surface area contributed by atoms with Crippen molar-refractivity contribution in [3.63, 3.8) is 0 Å². The SMILES string of the molecule is CCc1cnc(N2CCN(CCCOc3ccc4c(c3)CCN(SC)C4)CC2)nc1. The quantitative estimate of drug-likeness (QED) is 0.473. The molecule has 2 aromatic rings. The van der Waals surface area contributed by atoms with Crippen LogP contribution < -0.4 is 9.64 Å². The van der Waals surface area contributed by atoms with Crippen LogP contribution in [0.2, 0.25) is 0 Å². The molecule has 6 nitrogen and oxygen atoms in total. The van der Waals surface area contributed by atoms with E-state index in [1.54, 1.807) is 0 Å². The molecule has 0 atom stereocenters. The molecule has 0 saturated carbocycles. The Balaban J connectivity index is 1.16. The van der Waals surface area contributed by atoms with E-state index in [9.17, 15) is 0 Å². The number of nitrogens with zero attached hydrogens (tertiary/aromatic N) is 5. The number of benzene rings is 1. The molecular weight excluding hydrogens is 394 g/mol. The first-order valence-corrected chi connectivity index (χ1v) is 12.2. The molecule has 1 saturated heterocycles. The van der Waals surface area contributed by atoms with Crippen molar-refractivity contribution in [2.24, 2.45) is 0 Å². The Labute approximate surface area is 184 Å². The molecule has 0 amide bonds. The van der Waals surface area contributed by atoms with E-state index in [4.69, 9.17) is 4.74 Å². The number of hydrogen-bond acceptors (Lipinski definition) is 7. The second kappa shape index (κ2) is 10.5. The molecule has 162 valence electrons. The first kappa shape index (κ1) is 21.4. The molecule has 0 N–H and O–H groups in total. The number of rotatable bonds is 8. The maximum atomic E-state index is 6.05. The average molecular weight is 428 g/mol. The summed E-state index contributed by atoms with van der Waals surface area (Å²) in [5.74, 6) is 1.88.